The van der Waals surface area contributed by atoms with Crippen molar-refractivity contribution in [2.24, 2.45) is 0 Å². The van der Waals surface area contributed by atoms with Crippen molar-refractivity contribution in [3.8, 4) is 5.75 Å². The first-order chi connectivity index (χ1) is 12.1. The van der Waals surface area contributed by atoms with Crippen LogP contribution in [0.2, 0.25) is 0 Å². The topological polar surface area (TPSA) is 49.9 Å². The van der Waals surface area contributed by atoms with Gasteiger partial charge in [0.2, 0.25) is 11.8 Å². The van der Waals surface area contributed by atoms with Crippen molar-refractivity contribution >= 4 is 28.8 Å². The summed E-state index contributed by atoms with van der Waals surface area (Å²) in [6, 6.07) is 9.56. The molecule has 2 amide bonds. The minimum Gasteiger partial charge on any atom is -0.491 e. The molecule has 0 bridgehead atoms. The molecule has 0 spiro atoms. The number of amides is 2. The van der Waals surface area contributed by atoms with Crippen LogP contribution in [0.5, 0.6) is 5.75 Å². The SMILES string of the molecule is C[C@@H]1c2ccsc2CCN1C(=O)CN1C(=O)CCOc2ccccc21. The standard InChI is InChI=1S/C19H20N2O3S/c1-13-14-8-11-25-17(14)6-9-20(13)19(23)12-21-15-4-2-3-5-16(15)24-10-7-18(21)22/h2-5,8,11,13H,6-7,9-10,12H2,1H3/t13-/m1/s1. The Morgan fingerprint density at radius 2 is 2.12 bits per heavy atom. The summed E-state index contributed by atoms with van der Waals surface area (Å²) in [5.41, 5.74) is 1.91. The van der Waals surface area contributed by atoms with Crippen LogP contribution in [-0.2, 0) is 16.0 Å². The normalized spacial score (nSPS) is 19.7. The largest absolute Gasteiger partial charge is 0.491 e. The molecule has 2 aromatic rings. The van der Waals surface area contributed by atoms with Gasteiger partial charge in [-0.3, -0.25) is 14.5 Å². The second-order valence-electron chi connectivity index (χ2n) is 6.36. The average Bonchev–Trinajstić information content (AvgIpc) is 3.04. The number of fused-ring (bicyclic) bond motifs is 2. The van der Waals surface area contributed by atoms with Crippen LogP contribution in [0.25, 0.3) is 0 Å². The maximum atomic E-state index is 13.0. The highest BCUT2D eigenvalue weighted by Gasteiger charge is 2.32. The van der Waals surface area contributed by atoms with Crippen molar-refractivity contribution in [2.45, 2.75) is 25.8 Å². The molecular weight excluding hydrogens is 336 g/mol. The highest BCUT2D eigenvalue weighted by molar-refractivity contribution is 7.10. The Morgan fingerprint density at radius 3 is 3.00 bits per heavy atom. The lowest BCUT2D eigenvalue weighted by Crippen LogP contribution is -2.45. The summed E-state index contributed by atoms with van der Waals surface area (Å²) >= 11 is 1.75. The quantitative estimate of drug-likeness (QED) is 0.831. The number of carbonyl (C=O) groups excluding carboxylic acids is 2. The van der Waals surface area contributed by atoms with Crippen molar-refractivity contribution in [2.75, 3.05) is 24.6 Å². The Kier molecular flexibility index (Phi) is 4.21. The summed E-state index contributed by atoms with van der Waals surface area (Å²) in [5.74, 6) is 0.571. The molecule has 0 N–H and O–H groups in total. The molecule has 2 aliphatic rings. The maximum absolute atomic E-state index is 13.0. The van der Waals surface area contributed by atoms with Gasteiger partial charge in [-0.2, -0.15) is 0 Å². The molecule has 1 aromatic carbocycles. The van der Waals surface area contributed by atoms with Crippen LogP contribution in [-0.4, -0.2) is 36.4 Å². The van der Waals surface area contributed by atoms with Gasteiger partial charge >= 0.3 is 0 Å². The van der Waals surface area contributed by atoms with Crippen molar-refractivity contribution < 1.29 is 14.3 Å². The first-order valence-electron chi connectivity index (χ1n) is 8.53. The Balaban J connectivity index is 1.57. The fourth-order valence-corrected chi connectivity index (χ4v) is 4.53. The lowest BCUT2D eigenvalue weighted by atomic mass is 10.0. The highest BCUT2D eigenvalue weighted by Crippen LogP contribution is 2.34. The van der Waals surface area contributed by atoms with Crippen LogP contribution in [0.1, 0.15) is 29.8 Å². The molecule has 130 valence electrons. The third-order valence-electron chi connectivity index (χ3n) is 4.92. The fourth-order valence-electron chi connectivity index (χ4n) is 3.57. The van der Waals surface area contributed by atoms with Crippen LogP contribution < -0.4 is 9.64 Å². The van der Waals surface area contributed by atoms with E-state index in [2.05, 4.69) is 18.4 Å². The van der Waals surface area contributed by atoms with Crippen LogP contribution in [0.4, 0.5) is 5.69 Å². The predicted octanol–water partition coefficient (Wildman–Crippen LogP) is 3.01. The van der Waals surface area contributed by atoms with Crippen molar-refractivity contribution in [3.05, 3.63) is 46.2 Å². The fraction of sp³-hybridized carbons (Fsp3) is 0.368. The summed E-state index contributed by atoms with van der Waals surface area (Å²) in [5, 5.41) is 2.08. The Hall–Kier alpha value is -2.34. The van der Waals surface area contributed by atoms with Crippen LogP contribution in [0.3, 0.4) is 0 Å². The van der Waals surface area contributed by atoms with Gasteiger partial charge in [-0.15, -0.1) is 11.3 Å². The number of benzene rings is 1. The zero-order valence-corrected chi connectivity index (χ0v) is 14.9. The number of hydrogen-bond acceptors (Lipinski definition) is 4. The molecule has 4 rings (SSSR count). The molecule has 0 saturated carbocycles. The van der Waals surface area contributed by atoms with E-state index in [-0.39, 0.29) is 30.8 Å². The number of thiophene rings is 1. The van der Waals surface area contributed by atoms with Gasteiger partial charge in [-0.25, -0.2) is 0 Å². The van der Waals surface area contributed by atoms with Gasteiger partial charge < -0.3 is 9.64 Å². The maximum Gasteiger partial charge on any atom is 0.243 e. The number of rotatable bonds is 2. The van der Waals surface area contributed by atoms with Gasteiger partial charge in [0.05, 0.1) is 24.8 Å². The number of carbonyl (C=O) groups is 2. The van der Waals surface area contributed by atoms with Gasteiger partial charge in [-0.1, -0.05) is 12.1 Å². The predicted molar refractivity (Wildman–Crippen MR) is 97.1 cm³/mol. The van der Waals surface area contributed by atoms with Gasteiger partial charge in [0, 0.05) is 11.4 Å². The van der Waals surface area contributed by atoms with Gasteiger partial charge in [0.15, 0.2) is 0 Å². The molecule has 0 unspecified atom stereocenters. The second kappa shape index (κ2) is 6.52. The summed E-state index contributed by atoms with van der Waals surface area (Å²) in [4.78, 5) is 30.3. The van der Waals surface area contributed by atoms with E-state index >= 15 is 0 Å². The van der Waals surface area contributed by atoms with Crippen LogP contribution >= 0.6 is 11.3 Å². The molecule has 1 aromatic heterocycles. The highest BCUT2D eigenvalue weighted by atomic mass is 32.1. The minimum atomic E-state index is -0.0702. The summed E-state index contributed by atoms with van der Waals surface area (Å²) in [6.07, 6.45) is 1.17. The molecule has 25 heavy (non-hydrogen) atoms. The number of para-hydroxylation sites is 2. The molecular formula is C19H20N2O3S. The monoisotopic (exact) mass is 356 g/mol. The molecule has 0 fully saturated rings. The smallest absolute Gasteiger partial charge is 0.243 e. The van der Waals surface area contributed by atoms with Crippen molar-refractivity contribution in [1.82, 2.24) is 4.90 Å². The Bertz CT molecular complexity index is 817. The Labute approximate surface area is 150 Å². The number of ether oxygens (including phenoxy) is 1. The molecule has 0 radical (unpaired) electrons. The number of anilines is 1. The molecule has 0 saturated heterocycles. The van der Waals surface area contributed by atoms with Crippen LogP contribution in [0.15, 0.2) is 35.7 Å². The van der Waals surface area contributed by atoms with E-state index in [0.29, 0.717) is 24.6 Å². The second-order valence-corrected chi connectivity index (χ2v) is 7.36. The van der Waals surface area contributed by atoms with E-state index in [9.17, 15) is 9.59 Å². The summed E-state index contributed by atoms with van der Waals surface area (Å²) < 4.78 is 5.65. The van der Waals surface area contributed by atoms with Gasteiger partial charge in [0.1, 0.15) is 12.3 Å². The van der Waals surface area contributed by atoms with E-state index in [1.54, 1.807) is 16.2 Å². The van der Waals surface area contributed by atoms with E-state index in [4.69, 9.17) is 4.74 Å². The van der Waals surface area contributed by atoms with Gasteiger partial charge in [0.25, 0.3) is 0 Å². The van der Waals surface area contributed by atoms with Gasteiger partial charge in [-0.05, 0) is 42.5 Å². The van der Waals surface area contributed by atoms with E-state index in [1.165, 1.54) is 10.4 Å². The first-order valence-corrected chi connectivity index (χ1v) is 9.41. The van der Waals surface area contributed by atoms with Crippen molar-refractivity contribution in [1.29, 1.82) is 0 Å². The molecule has 0 aliphatic carbocycles. The minimum absolute atomic E-state index is 0.0191. The summed E-state index contributed by atoms with van der Waals surface area (Å²) in [7, 11) is 0. The molecule has 6 heteroatoms. The lowest BCUT2D eigenvalue weighted by Gasteiger charge is -2.35. The van der Waals surface area contributed by atoms with Crippen molar-refractivity contribution in [3.63, 3.8) is 0 Å². The first kappa shape index (κ1) is 16.1. The average molecular weight is 356 g/mol. The zero-order chi connectivity index (χ0) is 17.4. The van der Waals surface area contributed by atoms with E-state index < -0.39 is 0 Å². The number of nitrogens with zero attached hydrogens (tertiary/aromatic N) is 2. The van der Waals surface area contributed by atoms with E-state index in [1.807, 2.05) is 29.2 Å². The zero-order valence-electron chi connectivity index (χ0n) is 14.1. The molecule has 3 heterocycles. The van der Waals surface area contributed by atoms with Crippen LogP contribution in [0, 0.1) is 0 Å². The Morgan fingerprint density at radius 1 is 1.28 bits per heavy atom. The van der Waals surface area contributed by atoms with E-state index in [0.717, 1.165) is 6.42 Å². The third-order valence-corrected chi connectivity index (χ3v) is 5.92. The lowest BCUT2D eigenvalue weighted by molar-refractivity contribution is -0.133. The number of hydrogen-bond donors (Lipinski definition) is 0. The molecule has 2 aliphatic heterocycles. The molecule has 1 atom stereocenters. The third kappa shape index (κ3) is 2.91. The molecule has 5 nitrogen and oxygen atoms in total. The summed E-state index contributed by atoms with van der Waals surface area (Å²) in [6.45, 7) is 3.17.